The van der Waals surface area contributed by atoms with E-state index in [0.29, 0.717) is 47.7 Å². The molecule has 6 aromatic rings. The SMILES string of the molecule is CO[C@H]1CN(C)C(=O)[C@@H]2C[C@@H](CN2c2nc(N3C4C[C@@H]3CN(CC(F)F)C4=O)nc3c2cnn3-c2ccc(F)cc2F)Nc2cccc(n2)-c2ccnc3nc(C)n(c23)C1.[HH].[HH]. The summed E-state index contributed by atoms with van der Waals surface area (Å²) in [4.78, 5) is 58.7. The summed E-state index contributed by atoms with van der Waals surface area (Å²) in [5.74, 6) is -0.670. The molecule has 60 heavy (non-hydrogen) atoms. The van der Waals surface area contributed by atoms with E-state index >= 15 is 4.39 Å². The van der Waals surface area contributed by atoms with Gasteiger partial charge in [0.1, 0.15) is 41.0 Å². The van der Waals surface area contributed by atoms with Crippen LogP contribution in [0.2, 0.25) is 0 Å². The van der Waals surface area contributed by atoms with E-state index < -0.39 is 48.7 Å². The molecule has 3 fully saturated rings. The molecule has 16 nitrogen and oxygen atoms in total. The van der Waals surface area contributed by atoms with E-state index in [1.165, 1.54) is 16.9 Å². The predicted molar refractivity (Wildman–Crippen MR) is 215 cm³/mol. The van der Waals surface area contributed by atoms with E-state index in [2.05, 4.69) is 15.4 Å². The number of nitrogens with zero attached hydrogens (tertiary/aromatic N) is 12. The second-order valence-corrected chi connectivity index (χ2v) is 15.7. The zero-order valence-electron chi connectivity index (χ0n) is 32.7. The number of piperazine rings is 1. The van der Waals surface area contributed by atoms with Gasteiger partial charge in [0.25, 0.3) is 6.43 Å². The first-order chi connectivity index (χ1) is 28.9. The summed E-state index contributed by atoms with van der Waals surface area (Å²) >= 11 is 0. The van der Waals surface area contributed by atoms with Gasteiger partial charge in [-0.3, -0.25) is 9.59 Å². The number of hydrogen-bond acceptors (Lipinski definition) is 12. The molecule has 1 unspecified atom stereocenters. The zero-order valence-corrected chi connectivity index (χ0v) is 32.7. The number of carbonyl (C=O) groups is 2. The number of carbonyl (C=O) groups excluding carboxylic acids is 2. The number of nitrogens with one attached hydrogen (secondary N) is 1. The largest absolute Gasteiger partial charge is 0.378 e. The van der Waals surface area contributed by atoms with E-state index in [9.17, 15) is 22.8 Å². The van der Waals surface area contributed by atoms with Gasteiger partial charge >= 0.3 is 0 Å². The number of halogens is 4. The summed E-state index contributed by atoms with van der Waals surface area (Å²) in [7, 11) is 3.32. The Labute approximate surface area is 342 Å². The van der Waals surface area contributed by atoms with Crippen molar-refractivity contribution in [2.24, 2.45) is 0 Å². The number of aryl methyl sites for hydroxylation is 1. The molecule has 4 aliphatic heterocycles. The number of imidazole rings is 1. The third kappa shape index (κ3) is 6.22. The number of alkyl halides is 2. The molecule has 5 atom stereocenters. The van der Waals surface area contributed by atoms with Gasteiger partial charge in [0, 0.05) is 60.5 Å². The standard InChI is InChI=1S/C40H39F4N13O3.2H2/c1-20-47-35-34-25(9-10-45-35)28-5-4-6-33(49-28)48-22-12-30(38(58)52(2)17-24(60-3)18-54(20)34)55(15-22)36-26-14-46-57(29-8-7-21(41)11-27(29)42)37(26)51-40(50-36)56-23-13-31(56)39(59)53(16-23)19-32(43)44;;/h4-11,14,22-24,30-32H,12-13,15-19H2,1-3H3,(H,48,49);2*1H/t22-,23+,24-,30-,31?;;/m0../s1. The van der Waals surface area contributed by atoms with Crippen LogP contribution in [0.3, 0.4) is 0 Å². The Morgan fingerprint density at radius 3 is 2.60 bits per heavy atom. The van der Waals surface area contributed by atoms with Crippen molar-refractivity contribution >= 4 is 51.6 Å². The van der Waals surface area contributed by atoms with Gasteiger partial charge in [0.05, 0.1) is 48.0 Å². The van der Waals surface area contributed by atoms with Crippen molar-refractivity contribution in [3.63, 3.8) is 0 Å². The minimum absolute atomic E-state index is 0. The Bertz CT molecular complexity index is 2700. The third-order valence-electron chi connectivity index (χ3n) is 12.0. The number of fused-ring (bicyclic) bond motifs is 8. The van der Waals surface area contributed by atoms with Gasteiger partial charge in [-0.05, 0) is 50.1 Å². The minimum atomic E-state index is -2.69. The van der Waals surface area contributed by atoms with Crippen LogP contribution < -0.4 is 15.1 Å². The summed E-state index contributed by atoms with van der Waals surface area (Å²) < 4.78 is 65.6. The van der Waals surface area contributed by atoms with Gasteiger partial charge in [0.2, 0.25) is 17.8 Å². The lowest BCUT2D eigenvalue weighted by Gasteiger charge is -2.55. The highest BCUT2D eigenvalue weighted by molar-refractivity contribution is 5.95. The number of anilines is 3. The number of hydrogen-bond donors (Lipinski definition) is 1. The average Bonchev–Trinajstić information content (AvgIpc) is 3.92. The number of methoxy groups -OCH3 is 1. The lowest BCUT2D eigenvalue weighted by atomic mass is 9.87. The van der Waals surface area contributed by atoms with Gasteiger partial charge in [0.15, 0.2) is 17.1 Å². The molecule has 0 spiro atoms. The number of piperidine rings is 1. The molecule has 6 bridgehead atoms. The van der Waals surface area contributed by atoms with Crippen molar-refractivity contribution < 1.29 is 34.7 Å². The molecule has 2 amide bonds. The van der Waals surface area contributed by atoms with Crippen molar-refractivity contribution in [1.29, 1.82) is 0 Å². The van der Waals surface area contributed by atoms with Crippen LogP contribution in [0.5, 0.6) is 0 Å². The fraction of sp³-hybridized carbons (Fsp3) is 0.400. The van der Waals surface area contributed by atoms with Crippen LogP contribution in [0, 0.1) is 18.6 Å². The molecule has 9 heterocycles. The number of benzene rings is 1. The van der Waals surface area contributed by atoms with Gasteiger partial charge in [-0.25, -0.2) is 37.2 Å². The normalized spacial score (nSPS) is 23.0. The molecule has 5 aromatic heterocycles. The number of pyridine rings is 2. The van der Waals surface area contributed by atoms with Gasteiger partial charge < -0.3 is 34.2 Å². The maximum atomic E-state index is 15.4. The van der Waals surface area contributed by atoms with Crippen molar-refractivity contribution in [3.8, 4) is 16.9 Å². The second-order valence-electron chi connectivity index (χ2n) is 15.7. The number of rotatable bonds is 6. The Hall–Kier alpha value is -6.44. The summed E-state index contributed by atoms with van der Waals surface area (Å²) in [5, 5.41) is 8.40. The fourth-order valence-electron chi connectivity index (χ4n) is 9.16. The van der Waals surface area contributed by atoms with Crippen LogP contribution in [0.15, 0.2) is 54.9 Å². The van der Waals surface area contributed by atoms with Gasteiger partial charge in [-0.1, -0.05) is 6.07 Å². The number of likely N-dealkylation sites (N-methyl/N-ethyl adjacent to an activating group) is 1. The summed E-state index contributed by atoms with van der Waals surface area (Å²) in [6.07, 6.45) is 0.769. The summed E-state index contributed by atoms with van der Waals surface area (Å²) in [5.41, 5.74) is 2.96. The highest BCUT2D eigenvalue weighted by atomic mass is 19.3. The minimum Gasteiger partial charge on any atom is -0.378 e. The number of amides is 2. The molecule has 20 heteroatoms. The molecule has 0 radical (unpaired) electrons. The predicted octanol–water partition coefficient (Wildman–Crippen LogP) is 4.30. The second kappa shape index (κ2) is 14.4. The Kier molecular flexibility index (Phi) is 9.06. The van der Waals surface area contributed by atoms with E-state index in [4.69, 9.17) is 24.7 Å². The van der Waals surface area contributed by atoms with Crippen molar-refractivity contribution in [1.82, 2.24) is 49.1 Å². The van der Waals surface area contributed by atoms with Crippen molar-refractivity contribution in [2.45, 2.75) is 63.0 Å². The Balaban J connectivity index is 0.00000264. The topological polar surface area (TPSA) is 156 Å². The zero-order chi connectivity index (χ0) is 41.6. The maximum Gasteiger partial charge on any atom is 0.255 e. The fourth-order valence-corrected chi connectivity index (χ4v) is 9.16. The summed E-state index contributed by atoms with van der Waals surface area (Å²) in [6.45, 7) is 2.10. The molecular formula is C40H43F4N13O3. The van der Waals surface area contributed by atoms with Gasteiger partial charge in [-0.15, -0.1) is 0 Å². The molecule has 3 saturated heterocycles. The first kappa shape index (κ1) is 37.8. The van der Waals surface area contributed by atoms with Crippen LogP contribution in [0.4, 0.5) is 35.1 Å². The number of ether oxygens (including phenoxy) is 1. The van der Waals surface area contributed by atoms with Crippen LogP contribution >= 0.6 is 0 Å². The highest BCUT2D eigenvalue weighted by Gasteiger charge is 2.52. The number of likely N-dealkylation sites (tertiary alicyclic amines) is 1. The lowest BCUT2D eigenvalue weighted by Crippen LogP contribution is -2.72. The molecule has 314 valence electrons. The monoisotopic (exact) mass is 829 g/mol. The first-order valence-corrected chi connectivity index (χ1v) is 19.6. The quantitative estimate of drug-likeness (QED) is 0.238. The first-order valence-electron chi connectivity index (χ1n) is 19.6. The Morgan fingerprint density at radius 2 is 1.82 bits per heavy atom. The molecule has 0 aliphatic carbocycles. The van der Waals surface area contributed by atoms with Crippen LogP contribution in [0.25, 0.3) is 39.1 Å². The Morgan fingerprint density at radius 1 is 0.967 bits per heavy atom. The van der Waals surface area contributed by atoms with E-state index in [1.54, 1.807) is 30.2 Å². The smallest absolute Gasteiger partial charge is 0.255 e. The summed E-state index contributed by atoms with van der Waals surface area (Å²) in [6, 6.07) is 8.38. The van der Waals surface area contributed by atoms with Crippen molar-refractivity contribution in [3.05, 3.63) is 72.3 Å². The molecule has 4 aliphatic rings. The number of aromatic nitrogens is 8. The average molecular weight is 830 g/mol. The third-order valence-corrected chi connectivity index (χ3v) is 12.0. The highest BCUT2D eigenvalue weighted by Crippen LogP contribution is 2.41. The van der Waals surface area contributed by atoms with Crippen LogP contribution in [-0.2, 0) is 20.9 Å². The molecule has 10 rings (SSSR count). The molecular weight excluding hydrogens is 787 g/mol. The van der Waals surface area contributed by atoms with Crippen LogP contribution in [0.1, 0.15) is 21.5 Å². The maximum absolute atomic E-state index is 15.4. The lowest BCUT2D eigenvalue weighted by molar-refractivity contribution is -0.142. The van der Waals surface area contributed by atoms with E-state index in [-0.39, 0.29) is 57.8 Å². The van der Waals surface area contributed by atoms with Crippen LogP contribution in [-0.4, -0.2) is 138 Å². The van der Waals surface area contributed by atoms with Gasteiger partial charge in [-0.2, -0.15) is 15.1 Å². The molecule has 0 saturated carbocycles. The molecule has 1 aromatic carbocycles. The van der Waals surface area contributed by atoms with E-state index in [0.717, 1.165) is 33.9 Å². The van der Waals surface area contributed by atoms with E-state index in [1.807, 2.05) is 40.7 Å². The molecule has 1 N–H and O–H groups in total. The van der Waals surface area contributed by atoms with Crippen molar-refractivity contribution in [2.75, 3.05) is 55.5 Å².